The second kappa shape index (κ2) is 4.87. The predicted molar refractivity (Wildman–Crippen MR) is 74.7 cm³/mol. The van der Waals surface area contributed by atoms with Crippen LogP contribution < -0.4 is 0 Å². The zero-order chi connectivity index (χ0) is 14.1. The van der Waals surface area contributed by atoms with Crippen molar-refractivity contribution in [2.24, 2.45) is 0 Å². The van der Waals surface area contributed by atoms with E-state index >= 15 is 0 Å². The molecule has 0 saturated heterocycles. The van der Waals surface area contributed by atoms with Crippen LogP contribution in [-0.2, 0) is 0 Å². The maximum absolute atomic E-state index is 12.5. The van der Waals surface area contributed by atoms with Gasteiger partial charge in [0.2, 0.25) is 5.78 Å². The van der Waals surface area contributed by atoms with Gasteiger partial charge in [0.1, 0.15) is 16.3 Å². The van der Waals surface area contributed by atoms with E-state index in [-0.39, 0.29) is 5.78 Å². The monoisotopic (exact) mass is 282 g/mol. The van der Waals surface area contributed by atoms with E-state index in [4.69, 9.17) is 0 Å². The molecule has 1 atom stereocenters. The topological polar surface area (TPSA) is 71.0 Å². The normalized spacial score (nSPS) is 12.2. The van der Waals surface area contributed by atoms with Crippen LogP contribution in [-0.4, -0.2) is 20.2 Å². The summed E-state index contributed by atoms with van der Waals surface area (Å²) in [6.07, 6.45) is 3.26. The molecule has 5 nitrogen and oxygen atoms in total. The maximum Gasteiger partial charge on any atom is 0.205 e. The third-order valence-corrected chi connectivity index (χ3v) is 3.97. The van der Waals surface area contributed by atoms with Crippen LogP contribution in [0, 0.1) is 18.3 Å². The molecule has 0 unspecified atom stereocenters. The van der Waals surface area contributed by atoms with E-state index in [9.17, 15) is 10.1 Å². The number of carbonyl (C=O) groups excluding carboxylic acids is 1. The van der Waals surface area contributed by atoms with Crippen molar-refractivity contribution in [3.8, 4) is 6.07 Å². The molecule has 0 spiro atoms. The van der Waals surface area contributed by atoms with Crippen LogP contribution in [0.25, 0.3) is 5.65 Å². The van der Waals surface area contributed by atoms with Crippen LogP contribution in [0.3, 0.4) is 0 Å². The van der Waals surface area contributed by atoms with E-state index in [1.807, 2.05) is 36.6 Å². The summed E-state index contributed by atoms with van der Waals surface area (Å²) in [5.41, 5.74) is 1.90. The summed E-state index contributed by atoms with van der Waals surface area (Å²) in [6.45, 7) is 1.84. The lowest BCUT2D eigenvalue weighted by atomic mass is 10.0. The first kappa shape index (κ1) is 12.5. The lowest BCUT2D eigenvalue weighted by molar-refractivity contribution is 0.0973. The largest absolute Gasteiger partial charge is 0.297 e. The molecule has 98 valence electrons. The highest BCUT2D eigenvalue weighted by atomic mass is 32.1. The molecule has 0 aliphatic carbocycles. The number of ketones is 1. The predicted octanol–water partition coefficient (Wildman–Crippen LogP) is 2.59. The quantitative estimate of drug-likeness (QED) is 0.692. The Bertz CT molecular complexity index is 827. The molecule has 0 saturated carbocycles. The van der Waals surface area contributed by atoms with Crippen LogP contribution in [0.4, 0.5) is 0 Å². The lowest BCUT2D eigenvalue weighted by Crippen LogP contribution is -2.13. The second-order valence-electron chi connectivity index (χ2n) is 4.33. The molecular formula is C14H10N4OS. The number of rotatable bonds is 3. The minimum Gasteiger partial charge on any atom is -0.297 e. The van der Waals surface area contributed by atoms with E-state index in [0.29, 0.717) is 16.3 Å². The SMILES string of the molecule is Cc1csc([C@@H](C#N)C(=O)c2cnc3ccccn23)n1. The number of pyridine rings is 1. The number of nitriles is 1. The van der Waals surface area contributed by atoms with Crippen LogP contribution in [0.2, 0.25) is 0 Å². The van der Waals surface area contributed by atoms with Gasteiger partial charge in [-0.1, -0.05) is 6.07 Å². The number of hydrogen-bond donors (Lipinski definition) is 0. The Labute approximate surface area is 119 Å². The average Bonchev–Trinajstić information content (AvgIpc) is 3.06. The molecule has 3 heterocycles. The van der Waals surface area contributed by atoms with Gasteiger partial charge in [0.15, 0.2) is 5.92 Å². The first-order valence-electron chi connectivity index (χ1n) is 5.98. The van der Waals surface area contributed by atoms with Gasteiger partial charge >= 0.3 is 0 Å². The molecule has 3 rings (SSSR count). The van der Waals surface area contributed by atoms with Gasteiger partial charge < -0.3 is 0 Å². The maximum atomic E-state index is 12.5. The first-order valence-corrected chi connectivity index (χ1v) is 6.86. The van der Waals surface area contributed by atoms with Gasteiger partial charge in [-0.05, 0) is 19.1 Å². The Morgan fingerprint density at radius 2 is 2.35 bits per heavy atom. The van der Waals surface area contributed by atoms with Crippen LogP contribution in [0.1, 0.15) is 27.1 Å². The molecule has 0 N–H and O–H groups in total. The summed E-state index contributed by atoms with van der Waals surface area (Å²) in [5, 5.41) is 11.7. The fourth-order valence-corrected chi connectivity index (χ4v) is 2.83. The number of thiazole rings is 1. The fraction of sp³-hybridized carbons (Fsp3) is 0.143. The van der Waals surface area contributed by atoms with E-state index in [1.165, 1.54) is 17.5 Å². The summed E-state index contributed by atoms with van der Waals surface area (Å²) >= 11 is 1.33. The number of aromatic nitrogens is 3. The molecule has 0 fully saturated rings. The zero-order valence-electron chi connectivity index (χ0n) is 10.6. The number of aryl methyl sites for hydroxylation is 1. The van der Waals surface area contributed by atoms with Crippen molar-refractivity contribution in [1.29, 1.82) is 5.26 Å². The van der Waals surface area contributed by atoms with Gasteiger partial charge in [0, 0.05) is 17.3 Å². The molecule has 0 aliphatic heterocycles. The molecule has 0 amide bonds. The van der Waals surface area contributed by atoms with Crippen molar-refractivity contribution < 1.29 is 4.79 Å². The third-order valence-electron chi connectivity index (χ3n) is 2.94. The Kier molecular flexibility index (Phi) is 3.05. The van der Waals surface area contributed by atoms with E-state index in [2.05, 4.69) is 9.97 Å². The van der Waals surface area contributed by atoms with Crippen molar-refractivity contribution >= 4 is 22.8 Å². The van der Waals surface area contributed by atoms with Crippen molar-refractivity contribution in [3.63, 3.8) is 0 Å². The third kappa shape index (κ3) is 1.98. The first-order chi connectivity index (χ1) is 9.70. The van der Waals surface area contributed by atoms with Gasteiger partial charge in [0.25, 0.3) is 0 Å². The summed E-state index contributed by atoms with van der Waals surface area (Å²) in [7, 11) is 0. The molecule has 20 heavy (non-hydrogen) atoms. The van der Waals surface area contributed by atoms with Crippen molar-refractivity contribution in [2.75, 3.05) is 0 Å². The molecule has 6 heteroatoms. The summed E-state index contributed by atoms with van der Waals surface area (Å²) in [4.78, 5) is 21.0. The zero-order valence-corrected chi connectivity index (χ0v) is 11.5. The molecular weight excluding hydrogens is 272 g/mol. The highest BCUT2D eigenvalue weighted by molar-refractivity contribution is 7.10. The van der Waals surface area contributed by atoms with Crippen molar-refractivity contribution in [2.45, 2.75) is 12.8 Å². The Hall–Kier alpha value is -2.52. The molecule has 0 aromatic carbocycles. The number of carbonyl (C=O) groups is 1. The van der Waals surface area contributed by atoms with Crippen molar-refractivity contribution in [1.82, 2.24) is 14.4 Å². The van der Waals surface area contributed by atoms with Crippen LogP contribution >= 0.6 is 11.3 Å². The lowest BCUT2D eigenvalue weighted by Gasteiger charge is -2.04. The Balaban J connectivity index is 2.05. The highest BCUT2D eigenvalue weighted by Crippen LogP contribution is 2.24. The highest BCUT2D eigenvalue weighted by Gasteiger charge is 2.27. The number of Topliss-reactive ketones (excluding diaryl/α,β-unsaturated/α-hetero) is 1. The summed E-state index contributed by atoms with van der Waals surface area (Å²) in [6, 6.07) is 7.52. The van der Waals surface area contributed by atoms with Gasteiger partial charge in [-0.25, -0.2) is 9.97 Å². The molecule has 3 aromatic heterocycles. The minimum absolute atomic E-state index is 0.277. The van der Waals surface area contributed by atoms with E-state index in [1.54, 1.807) is 10.6 Å². The molecule has 0 bridgehead atoms. The number of nitrogens with zero attached hydrogens (tertiary/aromatic N) is 4. The van der Waals surface area contributed by atoms with Gasteiger partial charge in [-0.2, -0.15) is 5.26 Å². The standard InChI is InChI=1S/C14H10N4OS/c1-9-8-20-14(17-9)10(6-15)13(19)11-7-16-12-4-2-3-5-18(11)12/h2-5,7-8,10H,1H3/t10-/m0/s1. The minimum atomic E-state index is -0.881. The average molecular weight is 282 g/mol. The summed E-state index contributed by atoms with van der Waals surface area (Å²) < 4.78 is 1.69. The van der Waals surface area contributed by atoms with Crippen LogP contribution in [0.5, 0.6) is 0 Å². The van der Waals surface area contributed by atoms with Crippen molar-refractivity contribution in [3.05, 3.63) is 52.4 Å². The van der Waals surface area contributed by atoms with Crippen LogP contribution in [0.15, 0.2) is 36.0 Å². The smallest absolute Gasteiger partial charge is 0.205 e. The molecule has 0 radical (unpaired) electrons. The van der Waals surface area contributed by atoms with E-state index < -0.39 is 5.92 Å². The van der Waals surface area contributed by atoms with Gasteiger partial charge in [-0.3, -0.25) is 9.20 Å². The number of imidazole rings is 1. The summed E-state index contributed by atoms with van der Waals surface area (Å²) in [5.74, 6) is -1.16. The second-order valence-corrected chi connectivity index (χ2v) is 5.22. The van der Waals surface area contributed by atoms with Gasteiger partial charge in [0.05, 0.1) is 12.3 Å². The molecule has 3 aromatic rings. The number of hydrogen-bond acceptors (Lipinski definition) is 5. The van der Waals surface area contributed by atoms with E-state index in [0.717, 1.165) is 5.69 Å². The van der Waals surface area contributed by atoms with Gasteiger partial charge in [-0.15, -0.1) is 11.3 Å². The Morgan fingerprint density at radius 3 is 3.05 bits per heavy atom. The fourth-order valence-electron chi connectivity index (χ4n) is 1.99. The molecule has 0 aliphatic rings. The Morgan fingerprint density at radius 1 is 1.50 bits per heavy atom. The number of fused-ring (bicyclic) bond motifs is 1.